The van der Waals surface area contributed by atoms with Crippen LogP contribution >= 0.6 is 0 Å². The third-order valence-corrected chi connectivity index (χ3v) is 5.12. The molecule has 1 aromatic carbocycles. The molecule has 1 aliphatic rings. The lowest BCUT2D eigenvalue weighted by atomic mass is 10.1. The molecule has 0 N–H and O–H groups in total. The fraction of sp³-hybridized carbons (Fsp3) is 0.467. The van der Waals surface area contributed by atoms with Crippen LogP contribution in [-0.2, 0) is 20.3 Å². The molecule has 1 atom stereocenters. The van der Waals surface area contributed by atoms with E-state index in [0.717, 1.165) is 24.0 Å². The van der Waals surface area contributed by atoms with Crippen LogP contribution in [0, 0.1) is 6.92 Å². The molecule has 0 spiro atoms. The zero-order chi connectivity index (χ0) is 15.6. The fourth-order valence-electron chi connectivity index (χ4n) is 2.52. The number of hydrogen-bond donors (Lipinski definition) is 0. The second-order valence-electron chi connectivity index (χ2n) is 5.57. The number of sulfone groups is 1. The van der Waals surface area contributed by atoms with E-state index in [-0.39, 0.29) is 23.4 Å². The summed E-state index contributed by atoms with van der Waals surface area (Å²) in [4.78, 5) is 4.18. The van der Waals surface area contributed by atoms with Crippen LogP contribution in [0.15, 0.2) is 28.8 Å². The van der Waals surface area contributed by atoms with Crippen molar-refractivity contribution in [3.05, 3.63) is 35.7 Å². The zero-order valence-electron chi connectivity index (χ0n) is 12.4. The second-order valence-corrected chi connectivity index (χ2v) is 7.68. The molecule has 6 nitrogen and oxygen atoms in total. The fourth-order valence-corrected chi connectivity index (χ4v) is 3.98. The van der Waals surface area contributed by atoms with Crippen molar-refractivity contribution in [2.24, 2.45) is 0 Å². The lowest BCUT2D eigenvalue weighted by molar-refractivity contribution is 0.127. The van der Waals surface area contributed by atoms with E-state index in [4.69, 9.17) is 9.26 Å². The minimum Gasteiger partial charge on any atom is -0.377 e. The topological polar surface area (TPSA) is 82.3 Å². The van der Waals surface area contributed by atoms with Gasteiger partial charge >= 0.3 is 0 Å². The predicted octanol–water partition coefficient (Wildman–Crippen LogP) is 2.14. The van der Waals surface area contributed by atoms with Crippen molar-refractivity contribution in [1.82, 2.24) is 10.1 Å². The van der Waals surface area contributed by atoms with Gasteiger partial charge in [0.2, 0.25) is 0 Å². The van der Waals surface area contributed by atoms with Crippen LogP contribution in [0.1, 0.15) is 24.2 Å². The molecule has 0 saturated carbocycles. The van der Waals surface area contributed by atoms with Gasteiger partial charge in [0.05, 0.1) is 11.9 Å². The van der Waals surface area contributed by atoms with Gasteiger partial charge in [0.15, 0.2) is 15.7 Å². The summed E-state index contributed by atoms with van der Waals surface area (Å²) < 4.78 is 34.8. The molecule has 0 unspecified atom stereocenters. The number of rotatable bonds is 5. The lowest BCUT2D eigenvalue weighted by Gasteiger charge is -2.08. The van der Waals surface area contributed by atoms with Crippen molar-refractivity contribution in [3.63, 3.8) is 0 Å². The first-order valence-corrected chi connectivity index (χ1v) is 9.06. The van der Waals surface area contributed by atoms with Crippen LogP contribution in [0.5, 0.6) is 0 Å². The van der Waals surface area contributed by atoms with Crippen LogP contribution in [0.25, 0.3) is 11.5 Å². The van der Waals surface area contributed by atoms with Crippen molar-refractivity contribution >= 4 is 9.84 Å². The van der Waals surface area contributed by atoms with E-state index in [1.807, 2.05) is 31.2 Å². The van der Waals surface area contributed by atoms with Gasteiger partial charge in [0.1, 0.15) is 5.75 Å². The number of nitrogens with zero attached hydrogens (tertiary/aromatic N) is 2. The van der Waals surface area contributed by atoms with Gasteiger partial charge in [-0.25, -0.2) is 8.42 Å². The van der Waals surface area contributed by atoms with Gasteiger partial charge in [0, 0.05) is 12.2 Å². The molecule has 0 aliphatic carbocycles. The van der Waals surface area contributed by atoms with Crippen molar-refractivity contribution in [2.45, 2.75) is 31.6 Å². The number of aryl methyl sites for hydroxylation is 1. The zero-order valence-corrected chi connectivity index (χ0v) is 13.2. The second kappa shape index (κ2) is 6.18. The van der Waals surface area contributed by atoms with Gasteiger partial charge in [-0.2, -0.15) is 4.98 Å². The quantitative estimate of drug-likeness (QED) is 0.839. The minimum atomic E-state index is -3.31. The number of ether oxygens (including phenoxy) is 1. The average Bonchev–Trinajstić information content (AvgIpc) is 3.09. The van der Waals surface area contributed by atoms with Crippen molar-refractivity contribution in [1.29, 1.82) is 0 Å². The van der Waals surface area contributed by atoms with Crippen LogP contribution < -0.4 is 0 Å². The van der Waals surface area contributed by atoms with Gasteiger partial charge < -0.3 is 9.26 Å². The van der Waals surface area contributed by atoms with E-state index >= 15 is 0 Å². The predicted molar refractivity (Wildman–Crippen MR) is 80.9 cm³/mol. The molecule has 22 heavy (non-hydrogen) atoms. The van der Waals surface area contributed by atoms with Gasteiger partial charge in [-0.15, -0.1) is 0 Å². The first-order chi connectivity index (χ1) is 10.5. The Kier molecular flexibility index (Phi) is 4.26. The van der Waals surface area contributed by atoms with Crippen molar-refractivity contribution in [3.8, 4) is 11.5 Å². The molecule has 3 rings (SSSR count). The standard InChI is InChI=1S/C15H18N2O4S/c1-11-4-2-5-12(8-11)15-16-14(17-21-15)10-22(18,19)9-13-6-3-7-20-13/h2,4-5,8,13H,3,6-7,9-10H2,1H3/t13-/m1/s1. The first-order valence-electron chi connectivity index (χ1n) is 7.23. The lowest BCUT2D eigenvalue weighted by Crippen LogP contribution is -2.21. The Labute approximate surface area is 129 Å². The maximum Gasteiger partial charge on any atom is 0.257 e. The third kappa shape index (κ3) is 3.72. The largest absolute Gasteiger partial charge is 0.377 e. The molecule has 7 heteroatoms. The van der Waals surface area contributed by atoms with Gasteiger partial charge in [-0.3, -0.25) is 0 Å². The number of aromatic nitrogens is 2. The Morgan fingerprint density at radius 3 is 2.95 bits per heavy atom. The summed E-state index contributed by atoms with van der Waals surface area (Å²) in [7, 11) is -3.31. The highest BCUT2D eigenvalue weighted by Crippen LogP contribution is 2.20. The van der Waals surface area contributed by atoms with E-state index in [2.05, 4.69) is 10.1 Å². The third-order valence-electron chi connectivity index (χ3n) is 3.55. The molecule has 118 valence electrons. The summed E-state index contributed by atoms with van der Waals surface area (Å²) in [6.45, 7) is 2.60. The summed E-state index contributed by atoms with van der Waals surface area (Å²) in [6, 6.07) is 7.62. The van der Waals surface area contributed by atoms with E-state index < -0.39 is 9.84 Å². The molecule has 1 saturated heterocycles. The first kappa shape index (κ1) is 15.2. The molecule has 0 radical (unpaired) electrons. The van der Waals surface area contributed by atoms with E-state index in [9.17, 15) is 8.42 Å². The Bertz CT molecular complexity index is 748. The summed E-state index contributed by atoms with van der Waals surface area (Å²) in [5.41, 5.74) is 1.86. The summed E-state index contributed by atoms with van der Waals surface area (Å²) in [6.07, 6.45) is 1.51. The highest BCUT2D eigenvalue weighted by molar-refractivity contribution is 7.90. The summed E-state index contributed by atoms with van der Waals surface area (Å²) in [5.74, 6) is 0.323. The molecule has 2 aromatic rings. The molecule has 1 fully saturated rings. The van der Waals surface area contributed by atoms with Gasteiger partial charge in [-0.05, 0) is 31.9 Å². The maximum absolute atomic E-state index is 12.2. The van der Waals surface area contributed by atoms with Crippen LogP contribution in [0.3, 0.4) is 0 Å². The van der Waals surface area contributed by atoms with Crippen molar-refractivity contribution < 1.29 is 17.7 Å². The van der Waals surface area contributed by atoms with Gasteiger partial charge in [-0.1, -0.05) is 22.9 Å². The highest BCUT2D eigenvalue weighted by Gasteiger charge is 2.25. The summed E-state index contributed by atoms with van der Waals surface area (Å²) in [5, 5.41) is 3.78. The Balaban J connectivity index is 1.71. The van der Waals surface area contributed by atoms with Crippen LogP contribution in [0.4, 0.5) is 0 Å². The number of benzene rings is 1. The smallest absolute Gasteiger partial charge is 0.257 e. The van der Waals surface area contributed by atoms with Crippen LogP contribution in [0.2, 0.25) is 0 Å². The van der Waals surface area contributed by atoms with E-state index in [1.165, 1.54) is 0 Å². The van der Waals surface area contributed by atoms with Gasteiger partial charge in [0.25, 0.3) is 5.89 Å². The monoisotopic (exact) mass is 322 g/mol. The Morgan fingerprint density at radius 1 is 1.36 bits per heavy atom. The SMILES string of the molecule is Cc1cccc(-c2nc(CS(=O)(=O)C[C@H]3CCCO3)no2)c1. The molecular weight excluding hydrogens is 304 g/mol. The average molecular weight is 322 g/mol. The molecular formula is C15H18N2O4S. The molecule has 1 aromatic heterocycles. The molecule has 1 aliphatic heterocycles. The Morgan fingerprint density at radius 2 is 2.23 bits per heavy atom. The Hall–Kier alpha value is -1.73. The molecule has 0 bridgehead atoms. The van der Waals surface area contributed by atoms with Crippen molar-refractivity contribution in [2.75, 3.05) is 12.4 Å². The van der Waals surface area contributed by atoms with E-state index in [1.54, 1.807) is 0 Å². The molecule has 0 amide bonds. The van der Waals surface area contributed by atoms with Crippen LogP contribution in [-0.4, -0.2) is 37.0 Å². The van der Waals surface area contributed by atoms with E-state index in [0.29, 0.717) is 12.5 Å². The highest BCUT2D eigenvalue weighted by atomic mass is 32.2. The maximum atomic E-state index is 12.2. The molecule has 2 heterocycles. The minimum absolute atomic E-state index is 0.0152. The summed E-state index contributed by atoms with van der Waals surface area (Å²) >= 11 is 0. The normalized spacial score (nSPS) is 18.7. The number of hydrogen-bond acceptors (Lipinski definition) is 6.